The number of alkyl halides is 2. The highest BCUT2D eigenvalue weighted by Gasteiger charge is 2.12. The molecule has 110 valence electrons. The number of nitrogens with one attached hydrogen (secondary N) is 1. The van der Waals surface area contributed by atoms with E-state index in [1.165, 1.54) is 36.4 Å². The molecule has 0 bridgehead atoms. The van der Waals surface area contributed by atoms with Gasteiger partial charge in [-0.2, -0.15) is 8.78 Å². The highest BCUT2D eigenvalue weighted by atomic mass is 79.9. The molecule has 1 amide bonds. The highest BCUT2D eigenvalue weighted by molar-refractivity contribution is 9.10. The van der Waals surface area contributed by atoms with Crippen LogP contribution in [0.25, 0.3) is 0 Å². The molecule has 0 radical (unpaired) electrons. The molecule has 0 saturated carbocycles. The Bertz CT molecular complexity index is 649. The third kappa shape index (κ3) is 4.50. The van der Waals surface area contributed by atoms with E-state index in [-0.39, 0.29) is 5.56 Å². The average molecular weight is 376 g/mol. The minimum absolute atomic E-state index is 0.154. The Morgan fingerprint density at radius 1 is 1.14 bits per heavy atom. The summed E-state index contributed by atoms with van der Waals surface area (Å²) >= 11 is 3.59. The topological polar surface area (TPSA) is 29.1 Å². The summed E-state index contributed by atoms with van der Waals surface area (Å²) in [6, 6.07) is 9.76. The first kappa shape index (κ1) is 15.9. The Morgan fingerprint density at radius 3 is 2.43 bits per heavy atom. The van der Waals surface area contributed by atoms with Crippen molar-refractivity contribution >= 4 is 39.3 Å². The van der Waals surface area contributed by atoms with Gasteiger partial charge < -0.3 is 5.32 Å². The van der Waals surface area contributed by atoms with Crippen LogP contribution in [0.5, 0.6) is 0 Å². The van der Waals surface area contributed by atoms with E-state index in [0.717, 1.165) is 6.07 Å². The van der Waals surface area contributed by atoms with Crippen LogP contribution < -0.4 is 5.32 Å². The van der Waals surface area contributed by atoms with E-state index in [2.05, 4.69) is 21.2 Å². The van der Waals surface area contributed by atoms with Crippen molar-refractivity contribution in [3.63, 3.8) is 0 Å². The van der Waals surface area contributed by atoms with Gasteiger partial charge in [0.05, 0.1) is 5.56 Å². The number of anilines is 1. The second-order valence-electron chi connectivity index (χ2n) is 3.98. The molecule has 0 aliphatic rings. The summed E-state index contributed by atoms with van der Waals surface area (Å²) in [6.07, 6.45) is 0. The van der Waals surface area contributed by atoms with Crippen molar-refractivity contribution in [2.24, 2.45) is 0 Å². The van der Waals surface area contributed by atoms with Crippen molar-refractivity contribution in [1.82, 2.24) is 0 Å². The van der Waals surface area contributed by atoms with Gasteiger partial charge in [-0.05, 0) is 58.4 Å². The summed E-state index contributed by atoms with van der Waals surface area (Å²) in [7, 11) is 0. The van der Waals surface area contributed by atoms with Gasteiger partial charge in [0, 0.05) is 15.1 Å². The number of carbonyl (C=O) groups excluding carboxylic acids is 1. The van der Waals surface area contributed by atoms with E-state index in [0.29, 0.717) is 26.8 Å². The number of amides is 1. The number of hydrogen-bond donors (Lipinski definition) is 1. The lowest BCUT2D eigenvalue weighted by Crippen LogP contribution is -2.12. The highest BCUT2D eigenvalue weighted by Crippen LogP contribution is 2.26. The van der Waals surface area contributed by atoms with Crippen molar-refractivity contribution in [3.05, 3.63) is 58.3 Å². The van der Waals surface area contributed by atoms with E-state index in [9.17, 15) is 18.0 Å². The van der Waals surface area contributed by atoms with Crippen LogP contribution in [0.2, 0.25) is 0 Å². The monoisotopic (exact) mass is 375 g/mol. The van der Waals surface area contributed by atoms with Gasteiger partial charge in [-0.1, -0.05) is 11.8 Å². The second kappa shape index (κ2) is 7.00. The maximum absolute atomic E-state index is 13.1. The number of rotatable bonds is 4. The SMILES string of the molecule is O=C(Nc1ccc(SC(F)F)cc1)c1cc(F)ccc1Br. The van der Waals surface area contributed by atoms with Gasteiger partial charge in [0.2, 0.25) is 0 Å². The van der Waals surface area contributed by atoms with Crippen LogP contribution >= 0.6 is 27.7 Å². The molecule has 0 aliphatic heterocycles. The molecule has 2 rings (SSSR count). The number of benzene rings is 2. The van der Waals surface area contributed by atoms with Crippen molar-refractivity contribution in [3.8, 4) is 0 Å². The third-order valence-electron chi connectivity index (χ3n) is 2.51. The Kier molecular flexibility index (Phi) is 5.30. The second-order valence-corrected chi connectivity index (χ2v) is 5.90. The van der Waals surface area contributed by atoms with Gasteiger partial charge in [-0.25, -0.2) is 4.39 Å². The number of halogens is 4. The lowest BCUT2D eigenvalue weighted by molar-refractivity contribution is 0.102. The molecule has 2 nitrogen and oxygen atoms in total. The Labute approximate surface area is 131 Å². The van der Waals surface area contributed by atoms with Crippen molar-refractivity contribution < 1.29 is 18.0 Å². The van der Waals surface area contributed by atoms with Crippen molar-refractivity contribution in [2.75, 3.05) is 5.32 Å². The van der Waals surface area contributed by atoms with Gasteiger partial charge in [-0.3, -0.25) is 4.79 Å². The third-order valence-corrected chi connectivity index (χ3v) is 3.92. The van der Waals surface area contributed by atoms with E-state index < -0.39 is 17.5 Å². The molecule has 0 aromatic heterocycles. The zero-order valence-corrected chi connectivity index (χ0v) is 12.8. The van der Waals surface area contributed by atoms with Crippen LogP contribution in [-0.2, 0) is 0 Å². The Hall–Kier alpha value is -1.47. The van der Waals surface area contributed by atoms with Gasteiger partial charge in [-0.15, -0.1) is 0 Å². The molecule has 0 aliphatic carbocycles. The first-order chi connectivity index (χ1) is 9.95. The van der Waals surface area contributed by atoms with Crippen LogP contribution in [0.4, 0.5) is 18.9 Å². The fourth-order valence-electron chi connectivity index (χ4n) is 1.59. The van der Waals surface area contributed by atoms with Crippen molar-refractivity contribution in [1.29, 1.82) is 0 Å². The number of thioether (sulfide) groups is 1. The molecule has 1 N–H and O–H groups in total. The Morgan fingerprint density at radius 2 is 1.81 bits per heavy atom. The van der Waals surface area contributed by atoms with Gasteiger partial charge >= 0.3 is 0 Å². The summed E-state index contributed by atoms with van der Waals surface area (Å²) in [4.78, 5) is 12.4. The lowest BCUT2D eigenvalue weighted by Gasteiger charge is -2.08. The molecule has 21 heavy (non-hydrogen) atoms. The van der Waals surface area contributed by atoms with Gasteiger partial charge in [0.1, 0.15) is 5.82 Å². The van der Waals surface area contributed by atoms with Crippen LogP contribution in [-0.4, -0.2) is 11.7 Å². The molecular weight excluding hydrogens is 367 g/mol. The molecule has 2 aromatic carbocycles. The summed E-state index contributed by atoms with van der Waals surface area (Å²) in [5.74, 6) is -3.50. The first-order valence-corrected chi connectivity index (χ1v) is 7.44. The quantitative estimate of drug-likeness (QED) is 0.748. The fourth-order valence-corrected chi connectivity index (χ4v) is 2.52. The molecule has 2 aromatic rings. The lowest BCUT2D eigenvalue weighted by atomic mass is 10.2. The molecule has 0 heterocycles. The minimum Gasteiger partial charge on any atom is -0.322 e. The van der Waals surface area contributed by atoms with E-state index >= 15 is 0 Å². The maximum Gasteiger partial charge on any atom is 0.288 e. The zero-order chi connectivity index (χ0) is 15.4. The smallest absolute Gasteiger partial charge is 0.288 e. The number of carbonyl (C=O) groups is 1. The van der Waals surface area contributed by atoms with Crippen molar-refractivity contribution in [2.45, 2.75) is 10.7 Å². The van der Waals surface area contributed by atoms with Gasteiger partial charge in [0.25, 0.3) is 11.7 Å². The zero-order valence-electron chi connectivity index (χ0n) is 10.4. The van der Waals surface area contributed by atoms with E-state index in [4.69, 9.17) is 0 Å². The molecular formula is C14H9BrF3NOS. The normalized spacial score (nSPS) is 10.7. The summed E-state index contributed by atoms with van der Waals surface area (Å²) in [6.45, 7) is 0. The molecule has 0 spiro atoms. The van der Waals surface area contributed by atoms with Crippen LogP contribution in [0.1, 0.15) is 10.4 Å². The Balaban J connectivity index is 2.10. The average Bonchev–Trinajstić information content (AvgIpc) is 2.43. The summed E-state index contributed by atoms with van der Waals surface area (Å²) in [5.41, 5.74) is 0.593. The summed E-state index contributed by atoms with van der Waals surface area (Å²) < 4.78 is 38.0. The molecule has 7 heteroatoms. The minimum atomic E-state index is -2.49. The first-order valence-electron chi connectivity index (χ1n) is 5.77. The molecule has 0 saturated heterocycles. The summed E-state index contributed by atoms with van der Waals surface area (Å²) in [5, 5.41) is 2.57. The largest absolute Gasteiger partial charge is 0.322 e. The maximum atomic E-state index is 13.1. The number of hydrogen-bond acceptors (Lipinski definition) is 2. The van der Waals surface area contributed by atoms with Crippen LogP contribution in [0.15, 0.2) is 51.8 Å². The van der Waals surface area contributed by atoms with Crippen LogP contribution in [0, 0.1) is 5.82 Å². The fraction of sp³-hybridized carbons (Fsp3) is 0.0714. The molecule has 0 fully saturated rings. The predicted octanol–water partition coefficient (Wildman–Crippen LogP) is 5.16. The predicted molar refractivity (Wildman–Crippen MR) is 80.4 cm³/mol. The standard InChI is InChI=1S/C14H9BrF3NOS/c15-12-6-1-8(16)7-11(12)13(20)19-9-2-4-10(5-3-9)21-14(17)18/h1-7,14H,(H,19,20). The molecule has 0 atom stereocenters. The molecule has 0 unspecified atom stereocenters. The van der Waals surface area contributed by atoms with E-state index in [1.54, 1.807) is 0 Å². The van der Waals surface area contributed by atoms with Gasteiger partial charge in [0.15, 0.2) is 0 Å². The van der Waals surface area contributed by atoms with E-state index in [1.807, 2.05) is 0 Å². The van der Waals surface area contributed by atoms with Crippen LogP contribution in [0.3, 0.4) is 0 Å².